The number of nitrogens with zero attached hydrogens (tertiary/aromatic N) is 2. The smallest absolute Gasteiger partial charge is 0.251 e. The van der Waals surface area contributed by atoms with Crippen LogP contribution >= 0.6 is 0 Å². The molecule has 0 radical (unpaired) electrons. The van der Waals surface area contributed by atoms with Crippen molar-refractivity contribution < 1.29 is 9.32 Å². The summed E-state index contributed by atoms with van der Waals surface area (Å²) in [6.45, 7) is 1.96. The molecule has 0 spiro atoms. The molecule has 0 saturated carbocycles. The first-order chi connectivity index (χ1) is 9.22. The molecule has 0 aliphatic carbocycles. The number of hydrogen-bond acceptors (Lipinski definition) is 4. The average molecular weight is 256 g/mol. The van der Waals surface area contributed by atoms with Crippen molar-refractivity contribution in [3.8, 4) is 0 Å². The van der Waals surface area contributed by atoms with Gasteiger partial charge < -0.3 is 14.8 Å². The molecule has 3 aromatic rings. The summed E-state index contributed by atoms with van der Waals surface area (Å²) >= 11 is 0. The molecule has 2 aromatic heterocycles. The summed E-state index contributed by atoms with van der Waals surface area (Å²) in [6, 6.07) is 7.40. The van der Waals surface area contributed by atoms with Crippen molar-refractivity contribution >= 4 is 16.8 Å². The highest BCUT2D eigenvalue weighted by Crippen LogP contribution is 2.14. The second kappa shape index (κ2) is 4.56. The van der Waals surface area contributed by atoms with Crippen molar-refractivity contribution in [1.29, 1.82) is 0 Å². The Morgan fingerprint density at radius 1 is 1.42 bits per heavy atom. The number of H-pyrrole nitrogens is 1. The van der Waals surface area contributed by atoms with Crippen LogP contribution in [0, 0.1) is 6.92 Å². The number of fused-ring (bicyclic) bond motifs is 1. The number of aromatic amines is 1. The van der Waals surface area contributed by atoms with Gasteiger partial charge >= 0.3 is 0 Å². The minimum absolute atomic E-state index is 0.168. The molecule has 1 aromatic carbocycles. The maximum absolute atomic E-state index is 12.0. The molecular weight excluding hydrogens is 244 g/mol. The zero-order valence-electron chi connectivity index (χ0n) is 10.3. The quantitative estimate of drug-likeness (QED) is 0.748. The predicted octanol–water partition coefficient (Wildman–Crippen LogP) is 1.79. The van der Waals surface area contributed by atoms with Crippen molar-refractivity contribution in [1.82, 2.24) is 20.4 Å². The van der Waals surface area contributed by atoms with E-state index in [9.17, 15) is 4.79 Å². The van der Waals surface area contributed by atoms with Gasteiger partial charge in [-0.3, -0.25) is 4.79 Å². The van der Waals surface area contributed by atoms with Crippen molar-refractivity contribution in [2.45, 2.75) is 13.5 Å². The lowest BCUT2D eigenvalue weighted by Gasteiger charge is -2.02. The molecule has 0 aliphatic rings. The molecule has 2 N–H and O–H groups in total. The van der Waals surface area contributed by atoms with E-state index >= 15 is 0 Å². The van der Waals surface area contributed by atoms with Crippen LogP contribution in [0.1, 0.15) is 22.1 Å². The lowest BCUT2D eigenvalue weighted by atomic mass is 10.1. The number of carbonyl (C=O) groups excluding carboxylic acids is 1. The van der Waals surface area contributed by atoms with Gasteiger partial charge in [-0.05, 0) is 31.2 Å². The Kier molecular flexibility index (Phi) is 2.75. The van der Waals surface area contributed by atoms with E-state index in [4.69, 9.17) is 4.52 Å². The van der Waals surface area contributed by atoms with Crippen LogP contribution in [0.3, 0.4) is 0 Å². The average Bonchev–Trinajstić information content (AvgIpc) is 3.03. The molecule has 3 rings (SSSR count). The first kappa shape index (κ1) is 11.5. The molecule has 1 amide bonds. The van der Waals surface area contributed by atoms with Crippen molar-refractivity contribution in [3.05, 3.63) is 47.7 Å². The van der Waals surface area contributed by atoms with E-state index in [1.54, 1.807) is 13.0 Å². The predicted molar refractivity (Wildman–Crippen MR) is 68.5 cm³/mol. The Morgan fingerprint density at radius 2 is 2.32 bits per heavy atom. The lowest BCUT2D eigenvalue weighted by Crippen LogP contribution is -2.22. The first-order valence-corrected chi connectivity index (χ1v) is 5.87. The number of carbonyl (C=O) groups is 1. The molecule has 6 nitrogen and oxygen atoms in total. The molecule has 2 heterocycles. The van der Waals surface area contributed by atoms with Crippen LogP contribution < -0.4 is 5.32 Å². The number of rotatable bonds is 3. The van der Waals surface area contributed by atoms with Crippen LogP contribution in [0.4, 0.5) is 0 Å². The Labute approximate surface area is 108 Å². The topological polar surface area (TPSA) is 83.8 Å². The van der Waals surface area contributed by atoms with Gasteiger partial charge in [0, 0.05) is 22.7 Å². The number of aryl methyl sites for hydroxylation is 1. The SMILES string of the molecule is Cc1noc(CNC(=O)c2ccc3[nH]ccc3c2)n1. The monoisotopic (exact) mass is 256 g/mol. The van der Waals surface area contributed by atoms with Gasteiger partial charge in [0.15, 0.2) is 5.82 Å². The highest BCUT2D eigenvalue weighted by atomic mass is 16.5. The molecular formula is C13H12N4O2. The fourth-order valence-electron chi connectivity index (χ4n) is 1.86. The van der Waals surface area contributed by atoms with Gasteiger partial charge in [-0.1, -0.05) is 5.16 Å². The Bertz CT molecular complexity index is 729. The number of hydrogen-bond donors (Lipinski definition) is 2. The zero-order valence-corrected chi connectivity index (χ0v) is 10.3. The summed E-state index contributed by atoms with van der Waals surface area (Å²) in [5.41, 5.74) is 1.60. The molecule has 6 heteroatoms. The minimum atomic E-state index is -0.168. The van der Waals surface area contributed by atoms with Crippen LogP contribution in [0.15, 0.2) is 35.0 Å². The third-order valence-corrected chi connectivity index (χ3v) is 2.79. The van der Waals surface area contributed by atoms with Crippen molar-refractivity contribution in [2.24, 2.45) is 0 Å². The van der Waals surface area contributed by atoms with Crippen LogP contribution in [-0.2, 0) is 6.54 Å². The standard InChI is InChI=1S/C13H12N4O2/c1-8-16-12(19-17-8)7-15-13(18)10-2-3-11-9(6-10)4-5-14-11/h2-6,14H,7H2,1H3,(H,15,18). The molecule has 0 fully saturated rings. The lowest BCUT2D eigenvalue weighted by molar-refractivity contribution is 0.0946. The second-order valence-electron chi connectivity index (χ2n) is 4.20. The van der Waals surface area contributed by atoms with Crippen LogP contribution in [0.25, 0.3) is 10.9 Å². The number of aromatic nitrogens is 3. The van der Waals surface area contributed by atoms with Gasteiger partial charge in [0.25, 0.3) is 5.91 Å². The van der Waals surface area contributed by atoms with Gasteiger partial charge in [-0.25, -0.2) is 0 Å². The Morgan fingerprint density at radius 3 is 3.11 bits per heavy atom. The van der Waals surface area contributed by atoms with E-state index in [-0.39, 0.29) is 12.5 Å². The third-order valence-electron chi connectivity index (χ3n) is 2.79. The summed E-state index contributed by atoms with van der Waals surface area (Å²) in [5.74, 6) is 0.783. The third kappa shape index (κ3) is 2.33. The molecule has 0 atom stereocenters. The number of amides is 1. The van der Waals surface area contributed by atoms with Gasteiger partial charge in [-0.15, -0.1) is 0 Å². The van der Waals surface area contributed by atoms with E-state index in [1.165, 1.54) is 0 Å². The van der Waals surface area contributed by atoms with Crippen LogP contribution in [0.2, 0.25) is 0 Å². The fraction of sp³-hybridized carbons (Fsp3) is 0.154. The summed E-state index contributed by atoms with van der Waals surface area (Å²) < 4.78 is 4.93. The highest BCUT2D eigenvalue weighted by molar-refractivity contribution is 5.97. The van der Waals surface area contributed by atoms with Gasteiger partial charge in [-0.2, -0.15) is 4.98 Å². The van der Waals surface area contributed by atoms with E-state index in [0.717, 1.165) is 10.9 Å². The maximum atomic E-state index is 12.0. The second-order valence-corrected chi connectivity index (χ2v) is 4.20. The molecule has 0 aliphatic heterocycles. The van der Waals surface area contributed by atoms with Gasteiger partial charge in [0.2, 0.25) is 5.89 Å². The van der Waals surface area contributed by atoms with Crippen LogP contribution in [0.5, 0.6) is 0 Å². The number of benzene rings is 1. The highest BCUT2D eigenvalue weighted by Gasteiger charge is 2.09. The molecule has 0 bridgehead atoms. The van der Waals surface area contributed by atoms with E-state index in [2.05, 4.69) is 20.4 Å². The summed E-state index contributed by atoms with van der Waals surface area (Å²) in [5, 5.41) is 7.40. The summed E-state index contributed by atoms with van der Waals surface area (Å²) in [6.07, 6.45) is 1.84. The van der Waals surface area contributed by atoms with Crippen molar-refractivity contribution in [3.63, 3.8) is 0 Å². The minimum Gasteiger partial charge on any atom is -0.361 e. The van der Waals surface area contributed by atoms with Gasteiger partial charge in [0.05, 0.1) is 6.54 Å². The maximum Gasteiger partial charge on any atom is 0.251 e. The van der Waals surface area contributed by atoms with Crippen molar-refractivity contribution in [2.75, 3.05) is 0 Å². The molecule has 96 valence electrons. The fourth-order valence-corrected chi connectivity index (χ4v) is 1.86. The van der Waals surface area contributed by atoms with E-state index in [1.807, 2.05) is 24.4 Å². The number of nitrogens with one attached hydrogen (secondary N) is 2. The summed E-state index contributed by atoms with van der Waals surface area (Å²) in [4.78, 5) is 19.1. The van der Waals surface area contributed by atoms with Crippen LogP contribution in [-0.4, -0.2) is 21.0 Å². The Balaban J connectivity index is 1.72. The zero-order chi connectivity index (χ0) is 13.2. The van der Waals surface area contributed by atoms with E-state index in [0.29, 0.717) is 17.3 Å². The Hall–Kier alpha value is -2.63. The first-order valence-electron chi connectivity index (χ1n) is 5.87. The largest absolute Gasteiger partial charge is 0.361 e. The normalized spacial score (nSPS) is 10.8. The van der Waals surface area contributed by atoms with E-state index < -0.39 is 0 Å². The van der Waals surface area contributed by atoms with Gasteiger partial charge in [0.1, 0.15) is 0 Å². The molecule has 0 saturated heterocycles. The summed E-state index contributed by atoms with van der Waals surface area (Å²) in [7, 11) is 0. The molecule has 0 unspecified atom stereocenters. The molecule has 19 heavy (non-hydrogen) atoms.